The second-order valence-corrected chi connectivity index (χ2v) is 5.24. The van der Waals surface area contributed by atoms with Gasteiger partial charge in [-0.15, -0.1) is 0 Å². The van der Waals surface area contributed by atoms with Crippen LogP contribution in [0.2, 0.25) is 0 Å². The Morgan fingerprint density at radius 3 is 3.00 bits per heavy atom. The molecule has 6 heteroatoms. The molecule has 2 aromatic rings. The van der Waals surface area contributed by atoms with Gasteiger partial charge < -0.3 is 10.1 Å². The van der Waals surface area contributed by atoms with E-state index in [1.807, 2.05) is 12.1 Å². The van der Waals surface area contributed by atoms with Crippen LogP contribution in [0.25, 0.3) is 0 Å². The van der Waals surface area contributed by atoms with Crippen LogP contribution in [0.3, 0.4) is 0 Å². The molecular weight excluding hydrogens is 268 g/mol. The van der Waals surface area contributed by atoms with Gasteiger partial charge in [0.1, 0.15) is 0 Å². The Labute approximate surface area is 122 Å². The third kappa shape index (κ3) is 3.59. The molecule has 2 heterocycles. The first kappa shape index (κ1) is 13.6. The third-order valence-electron chi connectivity index (χ3n) is 3.46. The average molecular weight is 286 g/mol. The molecular formula is C15H18N4O2. The second kappa shape index (κ2) is 5.95. The summed E-state index contributed by atoms with van der Waals surface area (Å²) in [6.07, 6.45) is 4.24. The highest BCUT2D eigenvalue weighted by Gasteiger charge is 2.20. The molecule has 0 atom stereocenters. The lowest BCUT2D eigenvalue weighted by Crippen LogP contribution is -2.23. The molecule has 110 valence electrons. The van der Waals surface area contributed by atoms with Crippen LogP contribution in [0.5, 0.6) is 5.88 Å². The normalized spacial score (nSPS) is 14.0. The maximum Gasteiger partial charge on any atom is 0.269 e. The van der Waals surface area contributed by atoms with E-state index in [1.165, 1.54) is 17.5 Å². The van der Waals surface area contributed by atoms with Gasteiger partial charge in [-0.25, -0.2) is 9.67 Å². The molecule has 0 unspecified atom stereocenters. The van der Waals surface area contributed by atoms with Crippen molar-refractivity contribution < 1.29 is 4.74 Å². The zero-order valence-corrected chi connectivity index (χ0v) is 12.0. The highest BCUT2D eigenvalue weighted by molar-refractivity contribution is 5.39. The number of nitrogens with one attached hydrogen (secondary N) is 1. The summed E-state index contributed by atoms with van der Waals surface area (Å²) in [6.45, 7) is 1.25. The zero-order valence-electron chi connectivity index (χ0n) is 12.0. The van der Waals surface area contributed by atoms with Crippen LogP contribution in [0.4, 0.5) is 5.69 Å². The van der Waals surface area contributed by atoms with Crippen molar-refractivity contribution in [3.63, 3.8) is 0 Å². The van der Waals surface area contributed by atoms with E-state index < -0.39 is 0 Å². The standard InChI is InChI=1S/C15H18N4O2/c1-21-14-4-2-3-12(18-14)10-19-15(20)7-13(9-17-19)16-8-11-5-6-11/h2-4,7,9,11,16H,5-6,8,10H2,1H3. The number of anilines is 1. The highest BCUT2D eigenvalue weighted by Crippen LogP contribution is 2.28. The maximum absolute atomic E-state index is 12.1. The molecule has 21 heavy (non-hydrogen) atoms. The van der Waals surface area contributed by atoms with Crippen molar-refractivity contribution >= 4 is 5.69 Å². The molecule has 0 bridgehead atoms. The lowest BCUT2D eigenvalue weighted by molar-refractivity contribution is 0.395. The Kier molecular flexibility index (Phi) is 3.85. The summed E-state index contributed by atoms with van der Waals surface area (Å²) >= 11 is 0. The molecule has 1 saturated carbocycles. The van der Waals surface area contributed by atoms with E-state index in [-0.39, 0.29) is 5.56 Å². The Bertz CT molecular complexity index is 679. The largest absolute Gasteiger partial charge is 0.481 e. The second-order valence-electron chi connectivity index (χ2n) is 5.24. The fraction of sp³-hybridized carbons (Fsp3) is 0.400. The van der Waals surface area contributed by atoms with E-state index in [4.69, 9.17) is 4.74 Å². The van der Waals surface area contributed by atoms with Gasteiger partial charge in [0.05, 0.1) is 31.2 Å². The molecule has 1 aliphatic carbocycles. The number of nitrogens with zero attached hydrogens (tertiary/aromatic N) is 3. The molecule has 0 radical (unpaired) electrons. The summed E-state index contributed by atoms with van der Waals surface area (Å²) in [6, 6.07) is 7.04. The van der Waals surface area contributed by atoms with Crippen molar-refractivity contribution in [3.8, 4) is 5.88 Å². The molecule has 6 nitrogen and oxygen atoms in total. The molecule has 0 aromatic carbocycles. The lowest BCUT2D eigenvalue weighted by atomic mass is 10.3. The molecule has 3 rings (SSSR count). The van der Waals surface area contributed by atoms with Gasteiger partial charge in [-0.05, 0) is 24.8 Å². The van der Waals surface area contributed by atoms with Gasteiger partial charge >= 0.3 is 0 Å². The van der Waals surface area contributed by atoms with E-state index in [0.717, 1.165) is 23.8 Å². The Balaban J connectivity index is 1.70. The predicted molar refractivity (Wildman–Crippen MR) is 79.6 cm³/mol. The van der Waals surface area contributed by atoms with Crippen LogP contribution < -0.4 is 15.6 Å². The number of hydrogen-bond acceptors (Lipinski definition) is 5. The fourth-order valence-electron chi connectivity index (χ4n) is 2.05. The summed E-state index contributed by atoms with van der Waals surface area (Å²) in [5, 5.41) is 7.43. The summed E-state index contributed by atoms with van der Waals surface area (Å²) in [4.78, 5) is 16.3. The Hall–Kier alpha value is -2.37. The van der Waals surface area contributed by atoms with Gasteiger partial charge in [0.25, 0.3) is 5.56 Å². The number of ether oxygens (including phenoxy) is 1. The van der Waals surface area contributed by atoms with E-state index in [9.17, 15) is 4.79 Å². The first-order chi connectivity index (χ1) is 10.2. The van der Waals surface area contributed by atoms with Gasteiger partial charge in [-0.2, -0.15) is 5.10 Å². The Morgan fingerprint density at radius 1 is 1.43 bits per heavy atom. The SMILES string of the molecule is COc1cccc(Cn2ncc(NCC3CC3)cc2=O)n1. The molecule has 1 N–H and O–H groups in total. The van der Waals surface area contributed by atoms with E-state index in [1.54, 1.807) is 25.4 Å². The zero-order chi connectivity index (χ0) is 14.7. The van der Waals surface area contributed by atoms with Gasteiger partial charge in [-0.3, -0.25) is 4.79 Å². The van der Waals surface area contributed by atoms with Crippen LogP contribution in [0, 0.1) is 5.92 Å². The molecule has 2 aromatic heterocycles. The van der Waals surface area contributed by atoms with E-state index >= 15 is 0 Å². The van der Waals surface area contributed by atoms with Crippen LogP contribution >= 0.6 is 0 Å². The van der Waals surface area contributed by atoms with Crippen LogP contribution in [-0.4, -0.2) is 28.4 Å². The van der Waals surface area contributed by atoms with Crippen molar-refractivity contribution in [2.75, 3.05) is 19.0 Å². The number of pyridine rings is 1. The lowest BCUT2D eigenvalue weighted by Gasteiger charge is -2.08. The smallest absolute Gasteiger partial charge is 0.269 e. The minimum atomic E-state index is -0.139. The predicted octanol–water partition coefficient (Wildman–Crippen LogP) is 1.52. The molecule has 0 aliphatic heterocycles. The van der Waals surface area contributed by atoms with E-state index in [2.05, 4.69) is 15.4 Å². The van der Waals surface area contributed by atoms with Crippen LogP contribution in [0.1, 0.15) is 18.5 Å². The molecule has 0 spiro atoms. The number of hydrogen-bond donors (Lipinski definition) is 1. The summed E-state index contributed by atoms with van der Waals surface area (Å²) in [5.41, 5.74) is 1.38. The Morgan fingerprint density at radius 2 is 2.29 bits per heavy atom. The topological polar surface area (TPSA) is 69.0 Å². The molecule has 1 aliphatic rings. The number of methoxy groups -OCH3 is 1. The summed E-state index contributed by atoms with van der Waals surface area (Å²) in [5.74, 6) is 1.29. The van der Waals surface area contributed by atoms with Crippen molar-refractivity contribution in [2.45, 2.75) is 19.4 Å². The monoisotopic (exact) mass is 286 g/mol. The van der Waals surface area contributed by atoms with Crippen LogP contribution in [-0.2, 0) is 6.54 Å². The summed E-state index contributed by atoms with van der Waals surface area (Å²) in [7, 11) is 1.57. The number of rotatable bonds is 6. The van der Waals surface area contributed by atoms with E-state index in [0.29, 0.717) is 12.4 Å². The first-order valence-corrected chi connectivity index (χ1v) is 7.05. The van der Waals surface area contributed by atoms with Gasteiger partial charge in [-0.1, -0.05) is 6.07 Å². The van der Waals surface area contributed by atoms with Crippen LogP contribution in [0.15, 0.2) is 35.3 Å². The molecule has 1 fully saturated rings. The fourth-order valence-corrected chi connectivity index (χ4v) is 2.05. The first-order valence-electron chi connectivity index (χ1n) is 7.05. The molecule has 0 amide bonds. The van der Waals surface area contributed by atoms with Gasteiger partial charge in [0.15, 0.2) is 0 Å². The number of aromatic nitrogens is 3. The van der Waals surface area contributed by atoms with Crippen molar-refractivity contribution in [1.82, 2.24) is 14.8 Å². The minimum Gasteiger partial charge on any atom is -0.481 e. The quantitative estimate of drug-likeness (QED) is 0.872. The van der Waals surface area contributed by atoms with Crippen molar-refractivity contribution in [3.05, 3.63) is 46.5 Å². The van der Waals surface area contributed by atoms with Gasteiger partial charge in [0, 0.05) is 18.7 Å². The molecule has 0 saturated heterocycles. The van der Waals surface area contributed by atoms with Gasteiger partial charge in [0.2, 0.25) is 5.88 Å². The third-order valence-corrected chi connectivity index (χ3v) is 3.46. The maximum atomic E-state index is 12.1. The van der Waals surface area contributed by atoms with Crippen molar-refractivity contribution in [2.24, 2.45) is 5.92 Å². The minimum absolute atomic E-state index is 0.139. The van der Waals surface area contributed by atoms with Crippen molar-refractivity contribution in [1.29, 1.82) is 0 Å². The highest BCUT2D eigenvalue weighted by atomic mass is 16.5. The summed E-state index contributed by atoms with van der Waals surface area (Å²) < 4.78 is 6.47. The average Bonchev–Trinajstić information content (AvgIpc) is 3.32.